The fourth-order valence-corrected chi connectivity index (χ4v) is 2.77. The average Bonchev–Trinajstić information content (AvgIpc) is 3.02. The summed E-state index contributed by atoms with van der Waals surface area (Å²) in [5.74, 6) is -0.0193. The van der Waals surface area contributed by atoms with Crippen molar-refractivity contribution < 1.29 is 9.90 Å². The molecule has 3 rings (SSSR count). The molecule has 0 unspecified atom stereocenters. The van der Waals surface area contributed by atoms with E-state index in [0.717, 1.165) is 16.9 Å². The molecule has 0 radical (unpaired) electrons. The Morgan fingerprint density at radius 3 is 3.00 bits per heavy atom. The molecule has 0 saturated carbocycles. The number of hydrogen-bond acceptors (Lipinski definition) is 5. The molecular formula is C13H13N5O2S. The number of pyridine rings is 1. The molecule has 1 N–H and O–H groups in total. The number of carboxylic acid groups (broad SMARTS) is 1. The molecule has 3 heterocycles. The number of nitrogens with zero attached hydrogens (tertiary/aromatic N) is 5. The Morgan fingerprint density at radius 1 is 1.43 bits per heavy atom. The quantitative estimate of drug-likeness (QED) is 0.717. The van der Waals surface area contributed by atoms with Crippen molar-refractivity contribution in [3.63, 3.8) is 0 Å². The normalized spacial score (nSPS) is 11.1. The number of thioether (sulfide) groups is 1. The Morgan fingerprint density at radius 2 is 2.29 bits per heavy atom. The number of imidazole rings is 2. The van der Waals surface area contributed by atoms with Crippen LogP contribution in [0, 0.1) is 0 Å². The lowest BCUT2D eigenvalue weighted by Crippen LogP contribution is -2.08. The summed E-state index contributed by atoms with van der Waals surface area (Å²) in [6.07, 6.45) is 6.99. The number of carbonyl (C=O) groups is 1. The van der Waals surface area contributed by atoms with Gasteiger partial charge in [-0.3, -0.25) is 9.78 Å². The predicted octanol–water partition coefficient (Wildman–Crippen LogP) is 1.39. The first-order chi connectivity index (χ1) is 10.1. The fraction of sp³-hybridized carbons (Fsp3) is 0.231. The van der Waals surface area contributed by atoms with Crippen LogP contribution in [-0.4, -0.2) is 40.9 Å². The fourth-order valence-electron chi connectivity index (χ4n) is 2.04. The third-order valence-corrected chi connectivity index (χ3v) is 4.02. The lowest BCUT2D eigenvalue weighted by atomic mass is 10.4. The number of carboxylic acids is 1. The summed E-state index contributed by atoms with van der Waals surface area (Å²) in [4.78, 5) is 23.6. The summed E-state index contributed by atoms with van der Waals surface area (Å²) in [7, 11) is 1.92. The van der Waals surface area contributed by atoms with Gasteiger partial charge in [-0.25, -0.2) is 9.97 Å². The van der Waals surface area contributed by atoms with Gasteiger partial charge in [0.25, 0.3) is 0 Å². The van der Waals surface area contributed by atoms with E-state index >= 15 is 0 Å². The second-order valence-electron chi connectivity index (χ2n) is 4.48. The highest BCUT2D eigenvalue weighted by atomic mass is 32.2. The Bertz CT molecular complexity index is 795. The van der Waals surface area contributed by atoms with Gasteiger partial charge >= 0.3 is 5.97 Å². The zero-order valence-electron chi connectivity index (χ0n) is 11.3. The van der Waals surface area contributed by atoms with Gasteiger partial charge in [-0.1, -0.05) is 11.8 Å². The van der Waals surface area contributed by atoms with E-state index in [1.807, 2.05) is 28.4 Å². The maximum atomic E-state index is 10.8. The van der Waals surface area contributed by atoms with Crippen molar-refractivity contribution in [2.24, 2.45) is 7.05 Å². The van der Waals surface area contributed by atoms with Crippen LogP contribution in [0.5, 0.6) is 0 Å². The van der Waals surface area contributed by atoms with Gasteiger partial charge in [-0.2, -0.15) is 0 Å². The molecule has 0 saturated heterocycles. The molecule has 108 valence electrons. The van der Waals surface area contributed by atoms with Gasteiger partial charge in [0.05, 0.1) is 24.0 Å². The van der Waals surface area contributed by atoms with E-state index in [1.165, 1.54) is 11.8 Å². The van der Waals surface area contributed by atoms with Crippen LogP contribution in [-0.2, 0) is 18.4 Å². The molecule has 21 heavy (non-hydrogen) atoms. The SMILES string of the molecule is Cn1ccnc1Cn1c(SCC(=O)O)nc2cnccc21. The number of aromatic nitrogens is 5. The van der Waals surface area contributed by atoms with E-state index in [4.69, 9.17) is 5.11 Å². The van der Waals surface area contributed by atoms with Crippen LogP contribution < -0.4 is 0 Å². The van der Waals surface area contributed by atoms with Gasteiger partial charge < -0.3 is 14.2 Å². The summed E-state index contributed by atoms with van der Waals surface area (Å²) >= 11 is 1.20. The molecule has 0 amide bonds. The van der Waals surface area contributed by atoms with E-state index in [0.29, 0.717) is 11.7 Å². The summed E-state index contributed by atoms with van der Waals surface area (Å²) in [5.41, 5.74) is 1.67. The number of hydrogen-bond donors (Lipinski definition) is 1. The van der Waals surface area contributed by atoms with Crippen LogP contribution in [0.1, 0.15) is 5.82 Å². The van der Waals surface area contributed by atoms with Gasteiger partial charge in [-0.15, -0.1) is 0 Å². The van der Waals surface area contributed by atoms with E-state index in [9.17, 15) is 4.79 Å². The van der Waals surface area contributed by atoms with Crippen molar-refractivity contribution in [2.75, 3.05) is 5.75 Å². The van der Waals surface area contributed by atoms with Crippen molar-refractivity contribution in [2.45, 2.75) is 11.7 Å². The molecule has 0 aliphatic heterocycles. The number of fused-ring (bicyclic) bond motifs is 1. The molecule has 3 aromatic heterocycles. The standard InChI is InChI=1S/C13H13N5O2S/c1-17-5-4-15-11(17)7-18-10-2-3-14-6-9(10)16-13(18)21-8-12(19)20/h2-6H,7-8H2,1H3,(H,19,20). The van der Waals surface area contributed by atoms with Crippen molar-refractivity contribution in [1.82, 2.24) is 24.1 Å². The van der Waals surface area contributed by atoms with Crippen molar-refractivity contribution in [3.05, 3.63) is 36.7 Å². The van der Waals surface area contributed by atoms with Gasteiger partial charge in [0, 0.05) is 25.6 Å². The van der Waals surface area contributed by atoms with Crippen LogP contribution in [0.25, 0.3) is 11.0 Å². The van der Waals surface area contributed by atoms with Gasteiger partial charge in [-0.05, 0) is 6.07 Å². The molecule has 0 aliphatic rings. The lowest BCUT2D eigenvalue weighted by Gasteiger charge is -2.08. The van der Waals surface area contributed by atoms with Gasteiger partial charge in [0.2, 0.25) is 0 Å². The van der Waals surface area contributed by atoms with E-state index in [-0.39, 0.29) is 5.75 Å². The van der Waals surface area contributed by atoms with Gasteiger partial charge in [0.1, 0.15) is 11.3 Å². The summed E-state index contributed by atoms with van der Waals surface area (Å²) in [5, 5.41) is 9.51. The van der Waals surface area contributed by atoms with Crippen LogP contribution in [0.2, 0.25) is 0 Å². The number of aryl methyl sites for hydroxylation is 1. The Hall–Kier alpha value is -2.35. The largest absolute Gasteiger partial charge is 0.481 e. The van der Waals surface area contributed by atoms with E-state index < -0.39 is 5.97 Å². The highest BCUT2D eigenvalue weighted by Gasteiger charge is 2.14. The molecule has 3 aromatic rings. The third kappa shape index (κ3) is 2.75. The molecule has 7 nitrogen and oxygen atoms in total. The minimum Gasteiger partial charge on any atom is -0.481 e. The second kappa shape index (κ2) is 5.57. The smallest absolute Gasteiger partial charge is 0.313 e. The summed E-state index contributed by atoms with van der Waals surface area (Å²) < 4.78 is 3.89. The molecule has 0 aliphatic carbocycles. The van der Waals surface area contributed by atoms with Crippen LogP contribution in [0.15, 0.2) is 36.0 Å². The molecule has 0 atom stereocenters. The second-order valence-corrected chi connectivity index (χ2v) is 5.42. The zero-order chi connectivity index (χ0) is 14.8. The first-order valence-electron chi connectivity index (χ1n) is 6.26. The monoisotopic (exact) mass is 303 g/mol. The van der Waals surface area contributed by atoms with Crippen molar-refractivity contribution in [3.8, 4) is 0 Å². The first-order valence-corrected chi connectivity index (χ1v) is 7.25. The summed E-state index contributed by atoms with van der Waals surface area (Å²) in [6.45, 7) is 0.534. The number of rotatable bonds is 5. The predicted molar refractivity (Wildman–Crippen MR) is 78.2 cm³/mol. The minimum absolute atomic E-state index is 0.0304. The Balaban J connectivity index is 2.02. The van der Waals surface area contributed by atoms with Crippen molar-refractivity contribution in [1.29, 1.82) is 0 Å². The maximum absolute atomic E-state index is 10.8. The molecule has 0 aromatic carbocycles. The minimum atomic E-state index is -0.867. The highest BCUT2D eigenvalue weighted by Crippen LogP contribution is 2.24. The molecular weight excluding hydrogens is 290 g/mol. The van der Waals surface area contributed by atoms with Gasteiger partial charge in [0.15, 0.2) is 5.16 Å². The molecule has 0 bridgehead atoms. The molecule has 0 spiro atoms. The lowest BCUT2D eigenvalue weighted by molar-refractivity contribution is -0.133. The van der Waals surface area contributed by atoms with Crippen LogP contribution in [0.4, 0.5) is 0 Å². The Labute approximate surface area is 124 Å². The van der Waals surface area contributed by atoms with E-state index in [2.05, 4.69) is 15.0 Å². The highest BCUT2D eigenvalue weighted by molar-refractivity contribution is 7.99. The molecule has 0 fully saturated rings. The van der Waals surface area contributed by atoms with Crippen molar-refractivity contribution >= 4 is 28.8 Å². The summed E-state index contributed by atoms with van der Waals surface area (Å²) in [6, 6.07) is 1.87. The average molecular weight is 303 g/mol. The van der Waals surface area contributed by atoms with Crippen LogP contribution >= 0.6 is 11.8 Å². The topological polar surface area (TPSA) is 85.8 Å². The first kappa shape index (κ1) is 13.6. The molecule has 8 heteroatoms. The maximum Gasteiger partial charge on any atom is 0.313 e. The van der Waals surface area contributed by atoms with Crippen LogP contribution in [0.3, 0.4) is 0 Å². The Kier molecular flexibility index (Phi) is 3.61. The zero-order valence-corrected chi connectivity index (χ0v) is 12.1. The van der Waals surface area contributed by atoms with E-state index in [1.54, 1.807) is 18.6 Å². The number of aliphatic carboxylic acids is 1. The third-order valence-electron chi connectivity index (χ3n) is 3.06.